The summed E-state index contributed by atoms with van der Waals surface area (Å²) in [5, 5.41) is 9.16. The highest BCUT2D eigenvalue weighted by Gasteiger charge is 2.27. The van der Waals surface area contributed by atoms with E-state index in [1.54, 1.807) is 12.1 Å². The van der Waals surface area contributed by atoms with E-state index in [9.17, 15) is 4.79 Å². The topological polar surface area (TPSA) is 40.5 Å². The second-order valence-electron chi connectivity index (χ2n) is 4.27. The van der Waals surface area contributed by atoms with E-state index >= 15 is 0 Å². The number of rotatable bonds is 1. The first kappa shape index (κ1) is 12.0. The molecular weight excluding hydrogens is 258 g/mol. The molecule has 82 valence electrons. The maximum atomic E-state index is 11.2. The second kappa shape index (κ2) is 4.23. The highest BCUT2D eigenvalue weighted by atomic mass is 79.9. The summed E-state index contributed by atoms with van der Waals surface area (Å²) in [6.07, 6.45) is -0.944. The molecule has 0 atom stereocenters. The Bertz CT molecular complexity index is 371. The summed E-state index contributed by atoms with van der Waals surface area (Å²) in [7, 11) is 0. The first-order valence-corrected chi connectivity index (χ1v) is 5.40. The van der Waals surface area contributed by atoms with Crippen molar-refractivity contribution in [3.63, 3.8) is 0 Å². The number of carboxylic acid groups (broad SMARTS) is 1. The molecule has 0 spiro atoms. The summed E-state index contributed by atoms with van der Waals surface area (Å²) in [6, 6.07) is 7.26. The van der Waals surface area contributed by atoms with Gasteiger partial charge in [-0.25, -0.2) is 4.79 Å². The molecule has 0 saturated heterocycles. The van der Waals surface area contributed by atoms with E-state index < -0.39 is 11.6 Å². The van der Waals surface area contributed by atoms with Crippen molar-refractivity contribution in [2.24, 2.45) is 0 Å². The normalized spacial score (nSPS) is 11.2. The van der Waals surface area contributed by atoms with Crippen LogP contribution >= 0.6 is 15.9 Å². The van der Waals surface area contributed by atoms with E-state index in [1.807, 2.05) is 32.9 Å². The van der Waals surface area contributed by atoms with Crippen molar-refractivity contribution in [2.45, 2.75) is 26.3 Å². The van der Waals surface area contributed by atoms with Gasteiger partial charge < -0.3 is 5.11 Å². The molecule has 0 aromatic heterocycles. The number of benzene rings is 1. The zero-order valence-electron chi connectivity index (χ0n) is 8.99. The maximum absolute atomic E-state index is 11.2. The molecule has 0 radical (unpaired) electrons. The fourth-order valence-electron chi connectivity index (χ4n) is 1.40. The molecule has 0 aliphatic heterocycles. The van der Waals surface area contributed by atoms with Gasteiger partial charge in [-0.15, -0.1) is 0 Å². The Kier molecular flexibility index (Phi) is 3.39. The minimum absolute atomic E-state index is 0.452. The summed E-state index contributed by atoms with van der Waals surface area (Å²) >= 11 is 3.33. The monoisotopic (exact) mass is 271 g/mol. The van der Waals surface area contributed by atoms with Crippen LogP contribution in [0.4, 0.5) is 10.5 Å². The van der Waals surface area contributed by atoms with Crippen molar-refractivity contribution >= 4 is 27.7 Å². The zero-order chi connectivity index (χ0) is 11.6. The summed E-state index contributed by atoms with van der Waals surface area (Å²) in [4.78, 5) is 12.5. The summed E-state index contributed by atoms with van der Waals surface area (Å²) in [5.41, 5.74) is 0.219. The van der Waals surface area contributed by atoms with Crippen LogP contribution in [0.15, 0.2) is 28.7 Å². The quantitative estimate of drug-likeness (QED) is 0.846. The standard InChI is InChI=1S/C11H14BrNO2/c1-11(2,3)13(10(14)15)9-6-4-5-8(12)7-9/h4-7H,1-3H3,(H,14,15). The van der Waals surface area contributed by atoms with Crippen LogP contribution in [0, 0.1) is 0 Å². The van der Waals surface area contributed by atoms with Gasteiger partial charge in [-0.1, -0.05) is 22.0 Å². The summed E-state index contributed by atoms with van der Waals surface area (Å²) in [6.45, 7) is 5.59. The van der Waals surface area contributed by atoms with Crippen LogP contribution in [-0.2, 0) is 0 Å². The first-order valence-electron chi connectivity index (χ1n) is 4.61. The smallest absolute Gasteiger partial charge is 0.412 e. The number of nitrogens with zero attached hydrogens (tertiary/aromatic N) is 1. The number of amides is 1. The van der Waals surface area contributed by atoms with E-state index in [0.29, 0.717) is 5.69 Å². The fourth-order valence-corrected chi connectivity index (χ4v) is 1.79. The highest BCUT2D eigenvalue weighted by Crippen LogP contribution is 2.26. The Morgan fingerprint density at radius 1 is 1.40 bits per heavy atom. The highest BCUT2D eigenvalue weighted by molar-refractivity contribution is 9.10. The Morgan fingerprint density at radius 3 is 2.40 bits per heavy atom. The Morgan fingerprint density at radius 2 is 2.00 bits per heavy atom. The molecule has 0 saturated carbocycles. The van der Waals surface area contributed by atoms with Gasteiger partial charge in [0.2, 0.25) is 0 Å². The molecule has 3 nitrogen and oxygen atoms in total. The minimum atomic E-state index is -0.944. The molecule has 0 unspecified atom stereocenters. The number of carbonyl (C=O) groups is 1. The van der Waals surface area contributed by atoms with Crippen molar-refractivity contribution < 1.29 is 9.90 Å². The predicted octanol–water partition coefficient (Wildman–Crippen LogP) is 3.73. The van der Waals surface area contributed by atoms with Crippen molar-refractivity contribution in [3.8, 4) is 0 Å². The number of anilines is 1. The van der Waals surface area contributed by atoms with Crippen LogP contribution in [0.3, 0.4) is 0 Å². The molecule has 1 amide bonds. The van der Waals surface area contributed by atoms with Crippen molar-refractivity contribution in [3.05, 3.63) is 28.7 Å². The molecule has 1 rings (SSSR count). The van der Waals surface area contributed by atoms with E-state index in [0.717, 1.165) is 4.47 Å². The minimum Gasteiger partial charge on any atom is -0.465 e. The fraction of sp³-hybridized carbons (Fsp3) is 0.364. The molecular formula is C11H14BrNO2. The van der Waals surface area contributed by atoms with Gasteiger partial charge in [0.15, 0.2) is 0 Å². The van der Waals surface area contributed by atoms with Gasteiger partial charge in [-0.05, 0) is 39.0 Å². The third-order valence-corrected chi connectivity index (χ3v) is 2.42. The van der Waals surface area contributed by atoms with Crippen molar-refractivity contribution in [2.75, 3.05) is 4.90 Å². The predicted molar refractivity (Wildman–Crippen MR) is 64.4 cm³/mol. The van der Waals surface area contributed by atoms with Gasteiger partial charge in [-0.2, -0.15) is 0 Å². The van der Waals surface area contributed by atoms with Gasteiger partial charge >= 0.3 is 6.09 Å². The number of hydrogen-bond donors (Lipinski definition) is 1. The molecule has 1 N–H and O–H groups in total. The van der Waals surface area contributed by atoms with Crippen molar-refractivity contribution in [1.82, 2.24) is 0 Å². The van der Waals surface area contributed by atoms with Crippen LogP contribution < -0.4 is 4.90 Å². The lowest BCUT2D eigenvalue weighted by Gasteiger charge is -2.33. The summed E-state index contributed by atoms with van der Waals surface area (Å²) < 4.78 is 0.871. The maximum Gasteiger partial charge on any atom is 0.412 e. The number of halogens is 1. The zero-order valence-corrected chi connectivity index (χ0v) is 10.6. The average molecular weight is 272 g/mol. The van der Waals surface area contributed by atoms with E-state index in [2.05, 4.69) is 15.9 Å². The van der Waals surface area contributed by atoms with E-state index in [1.165, 1.54) is 4.90 Å². The van der Waals surface area contributed by atoms with Crippen LogP contribution in [0.2, 0.25) is 0 Å². The lowest BCUT2D eigenvalue weighted by atomic mass is 10.1. The second-order valence-corrected chi connectivity index (χ2v) is 5.18. The molecule has 0 aliphatic carbocycles. The van der Waals surface area contributed by atoms with Gasteiger partial charge in [-0.3, -0.25) is 4.90 Å². The molecule has 0 bridgehead atoms. The molecule has 1 aromatic rings. The van der Waals surface area contributed by atoms with E-state index in [4.69, 9.17) is 5.11 Å². The van der Waals surface area contributed by atoms with Gasteiger partial charge in [0, 0.05) is 15.7 Å². The van der Waals surface area contributed by atoms with Crippen LogP contribution in [0.1, 0.15) is 20.8 Å². The Labute approximate surface area is 97.8 Å². The lowest BCUT2D eigenvalue weighted by molar-refractivity contribution is 0.195. The average Bonchev–Trinajstić information content (AvgIpc) is 1.99. The molecule has 1 aromatic carbocycles. The van der Waals surface area contributed by atoms with Gasteiger partial charge in [0.05, 0.1) is 0 Å². The van der Waals surface area contributed by atoms with E-state index in [-0.39, 0.29) is 0 Å². The van der Waals surface area contributed by atoms with Crippen molar-refractivity contribution in [1.29, 1.82) is 0 Å². The van der Waals surface area contributed by atoms with Crippen LogP contribution in [0.5, 0.6) is 0 Å². The summed E-state index contributed by atoms with van der Waals surface area (Å²) in [5.74, 6) is 0. The third kappa shape index (κ3) is 2.96. The molecule has 15 heavy (non-hydrogen) atoms. The molecule has 4 heteroatoms. The molecule has 0 fully saturated rings. The van der Waals surface area contributed by atoms with Crippen LogP contribution in [0.25, 0.3) is 0 Å². The lowest BCUT2D eigenvalue weighted by Crippen LogP contribution is -2.45. The first-order chi connectivity index (χ1) is 6.82. The number of hydrogen-bond acceptors (Lipinski definition) is 1. The molecule has 0 heterocycles. The largest absolute Gasteiger partial charge is 0.465 e. The third-order valence-electron chi connectivity index (χ3n) is 1.93. The SMILES string of the molecule is CC(C)(C)N(C(=O)O)c1cccc(Br)c1. The molecule has 0 aliphatic rings. The van der Waals surface area contributed by atoms with Gasteiger partial charge in [0.25, 0.3) is 0 Å². The van der Waals surface area contributed by atoms with Crippen LogP contribution in [-0.4, -0.2) is 16.7 Å². The Hall–Kier alpha value is -1.03. The van der Waals surface area contributed by atoms with Gasteiger partial charge in [0.1, 0.15) is 0 Å². The Balaban J connectivity index is 3.16.